The fourth-order valence-corrected chi connectivity index (χ4v) is 3.54. The van der Waals surface area contributed by atoms with Crippen LogP contribution >= 0.6 is 11.6 Å². The maximum Gasteiger partial charge on any atom is 0.245 e. The molecule has 0 aliphatic rings. The molecular formula is C26H31ClN4O2. The minimum Gasteiger partial charge on any atom is -0.333 e. The van der Waals surface area contributed by atoms with E-state index in [4.69, 9.17) is 16.7 Å². The van der Waals surface area contributed by atoms with Gasteiger partial charge in [0.05, 0.1) is 24.3 Å². The van der Waals surface area contributed by atoms with Gasteiger partial charge in [0.2, 0.25) is 11.8 Å². The van der Waals surface area contributed by atoms with E-state index in [1.807, 2.05) is 55.5 Å². The van der Waals surface area contributed by atoms with Crippen LogP contribution in [-0.2, 0) is 21.4 Å². The molecule has 2 aromatic carbocycles. The van der Waals surface area contributed by atoms with E-state index in [1.54, 1.807) is 21.7 Å². The van der Waals surface area contributed by atoms with Crippen molar-refractivity contribution in [2.45, 2.75) is 46.0 Å². The van der Waals surface area contributed by atoms with Gasteiger partial charge in [-0.15, -0.1) is 0 Å². The molecule has 0 unspecified atom stereocenters. The lowest BCUT2D eigenvalue weighted by molar-refractivity contribution is -0.134. The number of anilines is 1. The quantitative estimate of drug-likeness (QED) is 0.493. The molecule has 3 rings (SSSR count). The third-order valence-electron chi connectivity index (χ3n) is 5.20. The molecule has 0 saturated carbocycles. The zero-order valence-electron chi connectivity index (χ0n) is 19.6. The Bertz CT molecular complexity index is 1090. The number of aromatic nitrogens is 2. The van der Waals surface area contributed by atoms with Crippen molar-refractivity contribution in [3.05, 3.63) is 76.9 Å². The van der Waals surface area contributed by atoms with Gasteiger partial charge in [-0.25, -0.2) is 4.68 Å². The van der Waals surface area contributed by atoms with Gasteiger partial charge in [0.25, 0.3) is 0 Å². The van der Waals surface area contributed by atoms with Gasteiger partial charge in [0.15, 0.2) is 0 Å². The molecule has 0 saturated heterocycles. The maximum atomic E-state index is 13.0. The van der Waals surface area contributed by atoms with Crippen molar-refractivity contribution in [3.63, 3.8) is 0 Å². The molecule has 1 aromatic heterocycles. The van der Waals surface area contributed by atoms with E-state index in [-0.39, 0.29) is 30.2 Å². The van der Waals surface area contributed by atoms with Gasteiger partial charge >= 0.3 is 0 Å². The van der Waals surface area contributed by atoms with Crippen LogP contribution in [0, 0.1) is 0 Å². The molecule has 33 heavy (non-hydrogen) atoms. The highest BCUT2D eigenvalue weighted by molar-refractivity contribution is 6.30. The Balaban J connectivity index is 1.79. The van der Waals surface area contributed by atoms with Gasteiger partial charge < -0.3 is 10.2 Å². The first-order chi connectivity index (χ1) is 15.7. The first kappa shape index (κ1) is 24.5. The van der Waals surface area contributed by atoms with Crippen molar-refractivity contribution >= 4 is 29.2 Å². The topological polar surface area (TPSA) is 67.2 Å². The molecule has 2 amide bonds. The Morgan fingerprint density at radius 1 is 1.06 bits per heavy atom. The molecule has 6 nitrogen and oxygen atoms in total. The van der Waals surface area contributed by atoms with Gasteiger partial charge in [0.1, 0.15) is 5.82 Å². The number of benzene rings is 2. The highest BCUT2D eigenvalue weighted by Gasteiger charge is 2.23. The van der Waals surface area contributed by atoms with E-state index < -0.39 is 0 Å². The Hall–Kier alpha value is -3.12. The molecule has 0 atom stereocenters. The van der Waals surface area contributed by atoms with Crippen molar-refractivity contribution in [1.29, 1.82) is 0 Å². The van der Waals surface area contributed by atoms with Crippen LogP contribution in [-0.4, -0.2) is 39.6 Å². The predicted octanol–water partition coefficient (Wildman–Crippen LogP) is 5.24. The second kappa shape index (κ2) is 10.7. The van der Waals surface area contributed by atoms with Crippen LogP contribution in [0.4, 0.5) is 5.82 Å². The Morgan fingerprint density at radius 2 is 1.73 bits per heavy atom. The Labute approximate surface area is 200 Å². The fraction of sp³-hybridized carbons (Fsp3) is 0.346. The summed E-state index contributed by atoms with van der Waals surface area (Å²) in [5.41, 5.74) is 2.37. The summed E-state index contributed by atoms with van der Waals surface area (Å²) in [7, 11) is 0. The van der Waals surface area contributed by atoms with Gasteiger partial charge in [-0.2, -0.15) is 5.10 Å². The monoisotopic (exact) mass is 466 g/mol. The number of carbonyl (C=O) groups is 2. The highest BCUT2D eigenvalue weighted by Crippen LogP contribution is 2.27. The van der Waals surface area contributed by atoms with Crippen molar-refractivity contribution in [3.8, 4) is 5.69 Å². The molecule has 0 aliphatic carbocycles. The molecule has 1 N–H and O–H groups in total. The molecule has 0 spiro atoms. The Morgan fingerprint density at radius 3 is 2.33 bits per heavy atom. The number of halogens is 1. The second-order valence-corrected chi connectivity index (χ2v) is 9.52. The lowest BCUT2D eigenvalue weighted by Gasteiger charge is -2.22. The summed E-state index contributed by atoms with van der Waals surface area (Å²) in [5.74, 6) is 0.222. The first-order valence-corrected chi connectivity index (χ1v) is 11.5. The van der Waals surface area contributed by atoms with Crippen LogP contribution in [0.2, 0.25) is 5.02 Å². The third-order valence-corrected chi connectivity index (χ3v) is 5.45. The van der Waals surface area contributed by atoms with Crippen LogP contribution in [0.5, 0.6) is 0 Å². The van der Waals surface area contributed by atoms with Crippen LogP contribution in [0.3, 0.4) is 0 Å². The molecule has 0 bridgehead atoms. The third kappa shape index (κ3) is 6.68. The summed E-state index contributed by atoms with van der Waals surface area (Å²) < 4.78 is 1.70. The number of nitrogens with zero attached hydrogens (tertiary/aromatic N) is 3. The van der Waals surface area contributed by atoms with Crippen LogP contribution in [0.1, 0.15) is 45.4 Å². The molecule has 1 heterocycles. The average molecular weight is 467 g/mol. The zero-order valence-corrected chi connectivity index (χ0v) is 20.4. The van der Waals surface area contributed by atoms with E-state index >= 15 is 0 Å². The molecule has 174 valence electrons. The van der Waals surface area contributed by atoms with Gasteiger partial charge in [-0.05, 0) is 36.2 Å². The number of carbonyl (C=O) groups excluding carboxylic acids is 2. The van der Waals surface area contributed by atoms with Crippen LogP contribution < -0.4 is 5.32 Å². The zero-order chi connectivity index (χ0) is 24.0. The Kier molecular flexibility index (Phi) is 7.92. The number of amides is 2. The van der Waals surface area contributed by atoms with E-state index in [2.05, 4.69) is 26.1 Å². The molecule has 0 aliphatic heterocycles. The lowest BCUT2D eigenvalue weighted by atomic mass is 9.92. The standard InChI is InChI=1S/C26H31ClN4O2/c1-5-15-30(25(33)16-19-9-7-6-8-10-19)18-24(32)28-23-17-22(26(2,3)4)29-31(23)21-13-11-20(27)12-14-21/h6-14,17H,5,15-16,18H2,1-4H3,(H,28,32). The highest BCUT2D eigenvalue weighted by atomic mass is 35.5. The summed E-state index contributed by atoms with van der Waals surface area (Å²) >= 11 is 6.04. The summed E-state index contributed by atoms with van der Waals surface area (Å²) in [4.78, 5) is 27.5. The van der Waals surface area contributed by atoms with Crippen molar-refractivity contribution in [1.82, 2.24) is 14.7 Å². The molecular weight excluding hydrogens is 436 g/mol. The second-order valence-electron chi connectivity index (χ2n) is 9.08. The van der Waals surface area contributed by atoms with Gasteiger partial charge in [-0.1, -0.05) is 69.6 Å². The smallest absolute Gasteiger partial charge is 0.245 e. The minimum absolute atomic E-state index is 0.0177. The normalized spacial score (nSPS) is 11.3. The van der Waals surface area contributed by atoms with E-state index in [1.165, 1.54) is 0 Å². The lowest BCUT2D eigenvalue weighted by Crippen LogP contribution is -2.39. The predicted molar refractivity (Wildman–Crippen MR) is 133 cm³/mol. The van der Waals surface area contributed by atoms with Gasteiger partial charge in [0, 0.05) is 23.0 Å². The van der Waals surface area contributed by atoms with Gasteiger partial charge in [-0.3, -0.25) is 9.59 Å². The van der Waals surface area contributed by atoms with Crippen molar-refractivity contribution < 1.29 is 9.59 Å². The molecule has 0 radical (unpaired) electrons. The number of hydrogen-bond acceptors (Lipinski definition) is 3. The first-order valence-electron chi connectivity index (χ1n) is 11.2. The number of nitrogens with one attached hydrogen (secondary N) is 1. The fourth-order valence-electron chi connectivity index (χ4n) is 3.42. The summed E-state index contributed by atoms with van der Waals surface area (Å²) in [6, 6.07) is 18.7. The number of hydrogen-bond donors (Lipinski definition) is 1. The summed E-state index contributed by atoms with van der Waals surface area (Å²) in [6.45, 7) is 8.69. The van der Waals surface area contributed by atoms with E-state index in [0.29, 0.717) is 17.4 Å². The number of rotatable bonds is 8. The van der Waals surface area contributed by atoms with Crippen molar-refractivity contribution in [2.24, 2.45) is 0 Å². The molecule has 3 aromatic rings. The van der Waals surface area contributed by atoms with Crippen LogP contribution in [0.25, 0.3) is 5.69 Å². The van der Waals surface area contributed by atoms with E-state index in [9.17, 15) is 9.59 Å². The summed E-state index contributed by atoms with van der Waals surface area (Å²) in [5, 5.41) is 8.30. The maximum absolute atomic E-state index is 13.0. The van der Waals surface area contributed by atoms with Crippen LogP contribution in [0.15, 0.2) is 60.7 Å². The molecule has 0 fully saturated rings. The largest absolute Gasteiger partial charge is 0.333 e. The van der Waals surface area contributed by atoms with Crippen molar-refractivity contribution in [2.75, 3.05) is 18.4 Å². The average Bonchev–Trinajstić information content (AvgIpc) is 3.19. The summed E-state index contributed by atoms with van der Waals surface area (Å²) in [6.07, 6.45) is 1.04. The minimum atomic E-state index is -0.263. The SMILES string of the molecule is CCCN(CC(=O)Nc1cc(C(C)(C)C)nn1-c1ccc(Cl)cc1)C(=O)Cc1ccccc1. The molecule has 7 heteroatoms. The van der Waals surface area contributed by atoms with E-state index in [0.717, 1.165) is 23.4 Å².